The predicted octanol–water partition coefficient (Wildman–Crippen LogP) is 0.713. The maximum Gasteiger partial charge on any atom is 0.247 e. The summed E-state index contributed by atoms with van der Waals surface area (Å²) in [7, 11) is 0. The molecule has 1 atom stereocenters. The summed E-state index contributed by atoms with van der Waals surface area (Å²) in [6.45, 7) is 2.95. The average Bonchev–Trinajstić information content (AvgIpc) is 2.54. The van der Waals surface area contributed by atoms with E-state index >= 15 is 0 Å². The summed E-state index contributed by atoms with van der Waals surface area (Å²) in [5.74, 6) is 0.132. The summed E-state index contributed by atoms with van der Waals surface area (Å²) in [4.78, 5) is 12.9. The molecule has 2 heteroatoms. The number of hydrogen-bond acceptors (Lipinski definition) is 1. The third kappa shape index (κ3) is 0.618. The Balaban J connectivity index is 2.32. The average molecular weight is 135 g/mol. The molecule has 1 fully saturated rings. The maximum atomic E-state index is 11.1. The predicted molar refractivity (Wildman–Crippen MR) is 38.4 cm³/mol. The first-order chi connectivity index (χ1) is 4.72. The van der Waals surface area contributed by atoms with Crippen molar-refractivity contribution in [1.29, 1.82) is 0 Å². The van der Waals surface area contributed by atoms with E-state index in [9.17, 15) is 4.79 Å². The van der Waals surface area contributed by atoms with Gasteiger partial charge in [-0.2, -0.15) is 0 Å². The zero-order valence-electron chi connectivity index (χ0n) is 5.87. The van der Waals surface area contributed by atoms with Gasteiger partial charge in [-0.15, -0.1) is 0 Å². The summed E-state index contributed by atoms with van der Waals surface area (Å²) in [6, 6.07) is 0. The Bertz CT molecular complexity index is 242. The fourth-order valence-electron chi connectivity index (χ4n) is 1.25. The molecule has 0 aromatic heterocycles. The number of nitrogens with zero attached hydrogens (tertiary/aromatic N) is 1. The first-order valence-electron chi connectivity index (χ1n) is 3.40. The van der Waals surface area contributed by atoms with Crippen LogP contribution in [0.15, 0.2) is 24.3 Å². The Labute approximate surface area is 59.8 Å². The highest BCUT2D eigenvalue weighted by atomic mass is 16.2. The topological polar surface area (TPSA) is 20.1 Å². The van der Waals surface area contributed by atoms with Crippen LogP contribution in [0.5, 0.6) is 0 Å². The molecule has 2 aliphatic heterocycles. The van der Waals surface area contributed by atoms with Gasteiger partial charge in [0.1, 0.15) is 0 Å². The summed E-state index contributed by atoms with van der Waals surface area (Å²) < 4.78 is 0. The Kier molecular flexibility index (Phi) is 0.862. The van der Waals surface area contributed by atoms with Crippen LogP contribution in [0.3, 0.4) is 0 Å². The molecule has 52 valence electrons. The fraction of sp³-hybridized carbons (Fsp3) is 0.375. The minimum atomic E-state index is 0.0422. The second kappa shape index (κ2) is 1.51. The van der Waals surface area contributed by atoms with Crippen molar-refractivity contribution < 1.29 is 4.79 Å². The normalized spacial score (nSPS) is 35.7. The van der Waals surface area contributed by atoms with Crippen molar-refractivity contribution in [2.75, 3.05) is 6.54 Å². The van der Waals surface area contributed by atoms with Gasteiger partial charge >= 0.3 is 0 Å². The molecule has 0 spiro atoms. The number of carbonyl (C=O) groups excluding carboxylic acids is 1. The number of amides is 1. The SMILES string of the molecule is CC12C=CC=CC(=O)N1C2. The number of rotatable bonds is 0. The lowest BCUT2D eigenvalue weighted by Crippen LogP contribution is -2.15. The van der Waals surface area contributed by atoms with Crippen molar-refractivity contribution >= 4 is 5.91 Å². The van der Waals surface area contributed by atoms with Crippen molar-refractivity contribution in [3.63, 3.8) is 0 Å². The van der Waals surface area contributed by atoms with Gasteiger partial charge in [-0.1, -0.05) is 18.2 Å². The standard InChI is InChI=1S/C8H9NO/c1-8-5-3-2-4-7(10)9(8)6-8/h2-5H,6H2,1H3. The van der Waals surface area contributed by atoms with Gasteiger partial charge in [0, 0.05) is 12.6 Å². The summed E-state index contributed by atoms with van der Waals surface area (Å²) in [6.07, 6.45) is 7.40. The summed E-state index contributed by atoms with van der Waals surface area (Å²) >= 11 is 0. The van der Waals surface area contributed by atoms with Crippen LogP contribution in [0.4, 0.5) is 0 Å². The van der Waals surface area contributed by atoms with Gasteiger partial charge in [0.05, 0.1) is 5.54 Å². The van der Waals surface area contributed by atoms with E-state index in [4.69, 9.17) is 0 Å². The smallest absolute Gasteiger partial charge is 0.247 e. The number of carbonyl (C=O) groups is 1. The minimum absolute atomic E-state index is 0.0422. The van der Waals surface area contributed by atoms with E-state index in [-0.39, 0.29) is 11.4 Å². The molecule has 0 aliphatic carbocycles. The molecule has 0 bridgehead atoms. The van der Waals surface area contributed by atoms with Crippen LogP contribution in [0, 0.1) is 0 Å². The Morgan fingerprint density at radius 3 is 3.20 bits per heavy atom. The Hall–Kier alpha value is -1.05. The van der Waals surface area contributed by atoms with Crippen LogP contribution >= 0.6 is 0 Å². The molecule has 0 aromatic carbocycles. The van der Waals surface area contributed by atoms with Crippen molar-refractivity contribution in [3.05, 3.63) is 24.3 Å². The van der Waals surface area contributed by atoms with Crippen molar-refractivity contribution in [3.8, 4) is 0 Å². The first-order valence-corrected chi connectivity index (χ1v) is 3.40. The van der Waals surface area contributed by atoms with Gasteiger partial charge in [0.25, 0.3) is 0 Å². The van der Waals surface area contributed by atoms with E-state index < -0.39 is 0 Å². The molecule has 1 saturated heterocycles. The van der Waals surface area contributed by atoms with E-state index in [2.05, 4.69) is 13.0 Å². The number of allylic oxidation sites excluding steroid dienone is 2. The molecule has 2 heterocycles. The molecule has 2 rings (SSSR count). The van der Waals surface area contributed by atoms with Crippen LogP contribution in [-0.4, -0.2) is 22.9 Å². The number of hydrogen-bond donors (Lipinski definition) is 0. The lowest BCUT2D eigenvalue weighted by molar-refractivity contribution is -0.121. The molecule has 0 radical (unpaired) electrons. The van der Waals surface area contributed by atoms with Gasteiger partial charge in [0.15, 0.2) is 0 Å². The highest BCUT2D eigenvalue weighted by molar-refractivity contribution is 5.91. The monoisotopic (exact) mass is 135 g/mol. The third-order valence-electron chi connectivity index (χ3n) is 2.06. The lowest BCUT2D eigenvalue weighted by atomic mass is 10.2. The van der Waals surface area contributed by atoms with Gasteiger partial charge in [0.2, 0.25) is 5.91 Å². The third-order valence-corrected chi connectivity index (χ3v) is 2.06. The minimum Gasteiger partial charge on any atom is -0.326 e. The van der Waals surface area contributed by atoms with E-state index in [0.29, 0.717) is 0 Å². The molecule has 2 aliphatic rings. The molecule has 2 nitrogen and oxygen atoms in total. The quantitative estimate of drug-likeness (QED) is 0.448. The van der Waals surface area contributed by atoms with Gasteiger partial charge in [-0.05, 0) is 6.92 Å². The van der Waals surface area contributed by atoms with Gasteiger partial charge < -0.3 is 4.90 Å². The number of fused-ring (bicyclic) bond motifs is 1. The zero-order chi connectivity index (χ0) is 7.19. The molecule has 0 saturated carbocycles. The van der Waals surface area contributed by atoms with Gasteiger partial charge in [-0.3, -0.25) is 4.79 Å². The van der Waals surface area contributed by atoms with E-state index in [1.54, 1.807) is 12.2 Å². The largest absolute Gasteiger partial charge is 0.326 e. The second-order valence-electron chi connectivity index (χ2n) is 3.00. The summed E-state index contributed by atoms with van der Waals surface area (Å²) in [5.41, 5.74) is 0.0422. The second-order valence-corrected chi connectivity index (χ2v) is 3.00. The van der Waals surface area contributed by atoms with E-state index in [1.165, 1.54) is 0 Å². The van der Waals surface area contributed by atoms with Crippen LogP contribution in [0.1, 0.15) is 6.92 Å². The molecule has 1 amide bonds. The van der Waals surface area contributed by atoms with Crippen molar-refractivity contribution in [2.45, 2.75) is 12.5 Å². The lowest BCUT2D eigenvalue weighted by Gasteiger charge is -2.01. The van der Waals surface area contributed by atoms with Crippen molar-refractivity contribution in [2.24, 2.45) is 0 Å². The highest BCUT2D eigenvalue weighted by Crippen LogP contribution is 2.34. The molecular weight excluding hydrogens is 126 g/mol. The molecule has 0 aromatic rings. The van der Waals surface area contributed by atoms with E-state index in [1.807, 2.05) is 11.0 Å². The maximum absolute atomic E-state index is 11.1. The molecular formula is C8H9NO. The summed E-state index contributed by atoms with van der Waals surface area (Å²) in [5, 5.41) is 0. The van der Waals surface area contributed by atoms with Crippen LogP contribution in [0.2, 0.25) is 0 Å². The first kappa shape index (κ1) is 5.71. The Morgan fingerprint density at radius 2 is 2.40 bits per heavy atom. The Morgan fingerprint density at radius 1 is 1.60 bits per heavy atom. The zero-order valence-corrected chi connectivity index (χ0v) is 5.87. The van der Waals surface area contributed by atoms with Crippen LogP contribution < -0.4 is 0 Å². The molecule has 10 heavy (non-hydrogen) atoms. The highest BCUT2D eigenvalue weighted by Gasteiger charge is 2.48. The molecule has 1 unspecified atom stereocenters. The van der Waals surface area contributed by atoms with Crippen LogP contribution in [-0.2, 0) is 4.79 Å². The van der Waals surface area contributed by atoms with E-state index in [0.717, 1.165) is 6.54 Å². The van der Waals surface area contributed by atoms with Gasteiger partial charge in [-0.25, -0.2) is 0 Å². The fourth-order valence-corrected chi connectivity index (χ4v) is 1.25. The molecule has 0 N–H and O–H groups in total. The van der Waals surface area contributed by atoms with Crippen molar-refractivity contribution in [1.82, 2.24) is 4.90 Å². The van der Waals surface area contributed by atoms with Crippen LogP contribution in [0.25, 0.3) is 0 Å².